The van der Waals surface area contributed by atoms with Crippen LogP contribution < -0.4 is 0 Å². The van der Waals surface area contributed by atoms with E-state index >= 15 is 0 Å². The van der Waals surface area contributed by atoms with Gasteiger partial charge in [0.05, 0.1) is 28.2 Å². The lowest BCUT2D eigenvalue weighted by Crippen LogP contribution is -2.40. The predicted octanol–water partition coefficient (Wildman–Crippen LogP) is 3.47. The van der Waals surface area contributed by atoms with Gasteiger partial charge in [-0.2, -0.15) is 0 Å². The molecule has 0 spiro atoms. The fourth-order valence-corrected chi connectivity index (χ4v) is 4.41. The predicted molar refractivity (Wildman–Crippen MR) is 108 cm³/mol. The Morgan fingerprint density at radius 1 is 1.32 bits per heavy atom. The van der Waals surface area contributed by atoms with E-state index in [9.17, 15) is 15.0 Å². The summed E-state index contributed by atoms with van der Waals surface area (Å²) < 4.78 is 0. The number of aromatic amines is 1. The maximum atomic E-state index is 12.2. The molecule has 8 heteroatoms. The zero-order valence-corrected chi connectivity index (χ0v) is 16.7. The summed E-state index contributed by atoms with van der Waals surface area (Å²) in [6, 6.07) is 3.41. The molecule has 1 atom stereocenters. The van der Waals surface area contributed by atoms with Gasteiger partial charge in [0.1, 0.15) is 6.61 Å². The molecule has 0 bridgehead atoms. The van der Waals surface area contributed by atoms with Gasteiger partial charge in [-0.25, -0.2) is 0 Å². The van der Waals surface area contributed by atoms with Crippen molar-refractivity contribution in [1.82, 2.24) is 14.9 Å². The molecular weight excluding hydrogens is 401 g/mol. The SMILES string of the molecule is C[C@H]1c2c([nH]c3c(Cl)c(Cl)cc(-c4cncc(CO)c4)c23)CCN1C(=O)CO. The minimum Gasteiger partial charge on any atom is -0.392 e. The number of aromatic nitrogens is 2. The summed E-state index contributed by atoms with van der Waals surface area (Å²) >= 11 is 12.9. The van der Waals surface area contributed by atoms with Crippen molar-refractivity contribution >= 4 is 40.0 Å². The lowest BCUT2D eigenvalue weighted by molar-refractivity contribution is -0.136. The number of benzene rings is 1. The number of rotatable bonds is 3. The molecule has 1 aliphatic heterocycles. The van der Waals surface area contributed by atoms with Crippen LogP contribution in [0.5, 0.6) is 0 Å². The van der Waals surface area contributed by atoms with Crippen molar-refractivity contribution in [1.29, 1.82) is 0 Å². The maximum absolute atomic E-state index is 12.2. The molecule has 0 saturated carbocycles. The van der Waals surface area contributed by atoms with Gasteiger partial charge in [-0.15, -0.1) is 0 Å². The summed E-state index contributed by atoms with van der Waals surface area (Å²) in [7, 11) is 0. The molecule has 0 saturated heterocycles. The molecule has 3 aromatic rings. The highest BCUT2D eigenvalue weighted by Crippen LogP contribution is 2.45. The van der Waals surface area contributed by atoms with Crippen LogP contribution >= 0.6 is 23.2 Å². The second-order valence-electron chi connectivity index (χ2n) is 6.90. The average Bonchev–Trinajstić information content (AvgIpc) is 3.11. The van der Waals surface area contributed by atoms with Crippen molar-refractivity contribution in [2.45, 2.75) is 26.0 Å². The van der Waals surface area contributed by atoms with Crippen LogP contribution in [0.15, 0.2) is 24.5 Å². The van der Waals surface area contributed by atoms with Crippen molar-refractivity contribution in [2.75, 3.05) is 13.2 Å². The van der Waals surface area contributed by atoms with Crippen LogP contribution in [-0.4, -0.2) is 44.1 Å². The van der Waals surface area contributed by atoms with Crippen LogP contribution in [0.1, 0.15) is 29.8 Å². The summed E-state index contributed by atoms with van der Waals surface area (Å²) in [5.74, 6) is -0.307. The fourth-order valence-electron chi connectivity index (χ4n) is 4.01. The maximum Gasteiger partial charge on any atom is 0.248 e. The van der Waals surface area contributed by atoms with E-state index in [1.54, 1.807) is 23.4 Å². The number of H-pyrrole nitrogens is 1. The average molecular weight is 420 g/mol. The third-order valence-electron chi connectivity index (χ3n) is 5.32. The van der Waals surface area contributed by atoms with Gasteiger partial charge in [0.25, 0.3) is 0 Å². The quantitative estimate of drug-likeness (QED) is 0.606. The molecule has 28 heavy (non-hydrogen) atoms. The first kappa shape index (κ1) is 19.2. The van der Waals surface area contributed by atoms with E-state index in [2.05, 4.69) is 9.97 Å². The molecule has 4 rings (SSSR count). The number of carbonyl (C=O) groups is 1. The summed E-state index contributed by atoms with van der Waals surface area (Å²) in [5, 5.41) is 20.5. The molecule has 6 nitrogen and oxygen atoms in total. The van der Waals surface area contributed by atoms with Gasteiger partial charge in [-0.05, 0) is 30.2 Å². The van der Waals surface area contributed by atoms with Crippen LogP contribution in [0.3, 0.4) is 0 Å². The summed E-state index contributed by atoms with van der Waals surface area (Å²) in [4.78, 5) is 21.5. The number of hydrogen-bond acceptors (Lipinski definition) is 4. The lowest BCUT2D eigenvalue weighted by Gasteiger charge is -2.33. The van der Waals surface area contributed by atoms with E-state index in [0.29, 0.717) is 34.1 Å². The van der Waals surface area contributed by atoms with Crippen LogP contribution in [0.2, 0.25) is 10.0 Å². The summed E-state index contributed by atoms with van der Waals surface area (Å²) in [5.41, 5.74) is 5.00. The summed E-state index contributed by atoms with van der Waals surface area (Å²) in [6.45, 7) is 1.81. The number of carbonyl (C=O) groups excluding carboxylic acids is 1. The van der Waals surface area contributed by atoms with Gasteiger partial charge in [0.15, 0.2) is 0 Å². The molecule has 146 valence electrons. The van der Waals surface area contributed by atoms with Gasteiger partial charge in [-0.3, -0.25) is 9.78 Å². The normalized spacial score (nSPS) is 16.5. The van der Waals surface area contributed by atoms with Crippen molar-refractivity contribution < 1.29 is 15.0 Å². The number of nitrogens with zero attached hydrogens (tertiary/aromatic N) is 2. The van der Waals surface area contributed by atoms with Crippen molar-refractivity contribution in [2.24, 2.45) is 0 Å². The molecule has 1 aromatic carbocycles. The molecule has 1 amide bonds. The topological polar surface area (TPSA) is 89.5 Å². The van der Waals surface area contributed by atoms with E-state index in [4.69, 9.17) is 23.2 Å². The van der Waals surface area contributed by atoms with E-state index in [0.717, 1.165) is 27.8 Å². The molecule has 0 aliphatic carbocycles. The Morgan fingerprint density at radius 3 is 2.82 bits per heavy atom. The third kappa shape index (κ3) is 2.97. The smallest absolute Gasteiger partial charge is 0.248 e. The monoisotopic (exact) mass is 419 g/mol. The number of aliphatic hydroxyl groups is 2. The Bertz CT molecular complexity index is 1080. The van der Waals surface area contributed by atoms with Crippen molar-refractivity contribution in [3.05, 3.63) is 51.4 Å². The number of halogens is 2. The Balaban J connectivity index is 2.00. The second-order valence-corrected chi connectivity index (χ2v) is 7.68. The highest BCUT2D eigenvalue weighted by molar-refractivity contribution is 6.45. The number of hydrogen-bond donors (Lipinski definition) is 3. The highest BCUT2D eigenvalue weighted by Gasteiger charge is 2.32. The number of aliphatic hydroxyl groups excluding tert-OH is 2. The third-order valence-corrected chi connectivity index (χ3v) is 6.11. The minimum atomic E-state index is -0.524. The zero-order valence-electron chi connectivity index (χ0n) is 15.2. The summed E-state index contributed by atoms with van der Waals surface area (Å²) in [6.07, 6.45) is 3.94. The zero-order chi connectivity index (χ0) is 20.0. The number of nitrogens with one attached hydrogen (secondary N) is 1. The van der Waals surface area contributed by atoms with Gasteiger partial charge in [-0.1, -0.05) is 23.2 Å². The Kier molecular flexibility index (Phi) is 5.05. The first-order valence-electron chi connectivity index (χ1n) is 8.94. The molecule has 0 unspecified atom stereocenters. The van der Waals surface area contributed by atoms with E-state index in [1.807, 2.05) is 13.0 Å². The van der Waals surface area contributed by atoms with Gasteiger partial charge < -0.3 is 20.1 Å². The van der Waals surface area contributed by atoms with Crippen LogP contribution in [-0.2, 0) is 17.8 Å². The van der Waals surface area contributed by atoms with Crippen molar-refractivity contribution in [3.8, 4) is 11.1 Å². The molecule has 3 heterocycles. The van der Waals surface area contributed by atoms with E-state index in [-0.39, 0.29) is 18.6 Å². The van der Waals surface area contributed by atoms with E-state index < -0.39 is 6.61 Å². The molecule has 0 radical (unpaired) electrons. The number of pyridine rings is 1. The standard InChI is InChI=1S/C20H19Cl2N3O3/c1-10-17-15(2-3-25(10)16(28)9-27)24-20-18(17)13(5-14(21)19(20)22)12-4-11(8-26)6-23-7-12/h4-7,10,24,26-27H,2-3,8-9H2,1H3/t10-/m0/s1. The van der Waals surface area contributed by atoms with Crippen LogP contribution in [0.4, 0.5) is 0 Å². The van der Waals surface area contributed by atoms with Crippen LogP contribution in [0.25, 0.3) is 22.0 Å². The Labute approximate surface area is 171 Å². The van der Waals surface area contributed by atoms with Crippen molar-refractivity contribution in [3.63, 3.8) is 0 Å². The second kappa shape index (κ2) is 7.37. The highest BCUT2D eigenvalue weighted by atomic mass is 35.5. The first-order valence-corrected chi connectivity index (χ1v) is 9.69. The minimum absolute atomic E-state index is 0.119. The van der Waals surface area contributed by atoms with Crippen LogP contribution in [0, 0.1) is 0 Å². The molecular formula is C20H19Cl2N3O3. The number of amides is 1. The van der Waals surface area contributed by atoms with E-state index in [1.165, 1.54) is 0 Å². The Hall–Kier alpha value is -2.12. The largest absolute Gasteiger partial charge is 0.392 e. The lowest BCUT2D eigenvalue weighted by atomic mass is 9.92. The first-order chi connectivity index (χ1) is 13.5. The van der Waals surface area contributed by atoms with Gasteiger partial charge >= 0.3 is 0 Å². The molecule has 0 fully saturated rings. The molecule has 3 N–H and O–H groups in total. The fraction of sp³-hybridized carbons (Fsp3) is 0.300. The van der Waals surface area contributed by atoms with Gasteiger partial charge in [0.2, 0.25) is 5.91 Å². The van der Waals surface area contributed by atoms with Gasteiger partial charge in [0, 0.05) is 47.6 Å². The number of fused-ring (bicyclic) bond motifs is 3. The molecule has 1 aliphatic rings. The Morgan fingerprint density at radius 2 is 2.11 bits per heavy atom. The molecule has 2 aromatic heterocycles.